The predicted molar refractivity (Wildman–Crippen MR) is 58.9 cm³/mol. The van der Waals surface area contributed by atoms with Crippen molar-refractivity contribution in [1.82, 2.24) is 5.32 Å². The lowest BCUT2D eigenvalue weighted by Crippen LogP contribution is -2.20. The normalized spacial score (nSPS) is 14.3. The minimum Gasteiger partial charge on any atom is -0.490 e. The third-order valence-corrected chi connectivity index (χ3v) is 2.47. The van der Waals surface area contributed by atoms with Gasteiger partial charge in [0.15, 0.2) is 6.29 Å². The second-order valence-corrected chi connectivity index (χ2v) is 3.73. The average molecular weight is 219 g/mol. The molecule has 1 fully saturated rings. The summed E-state index contributed by atoms with van der Waals surface area (Å²) in [5.41, 5.74) is 0.685. The van der Waals surface area contributed by atoms with E-state index in [1.54, 1.807) is 18.2 Å². The van der Waals surface area contributed by atoms with Gasteiger partial charge < -0.3 is 10.1 Å². The van der Waals surface area contributed by atoms with E-state index >= 15 is 0 Å². The van der Waals surface area contributed by atoms with Gasteiger partial charge in [0, 0.05) is 7.05 Å². The summed E-state index contributed by atoms with van der Waals surface area (Å²) < 4.78 is 5.57. The van der Waals surface area contributed by atoms with Crippen molar-refractivity contribution < 1.29 is 14.3 Å². The highest BCUT2D eigenvalue weighted by Gasteiger charge is 2.25. The smallest absolute Gasteiger partial charge is 0.251 e. The molecule has 0 aliphatic heterocycles. The van der Waals surface area contributed by atoms with E-state index in [9.17, 15) is 9.59 Å². The highest BCUT2D eigenvalue weighted by Crippen LogP contribution is 2.29. The fourth-order valence-electron chi connectivity index (χ4n) is 1.47. The average Bonchev–Trinajstić information content (AvgIpc) is 3.11. The van der Waals surface area contributed by atoms with Gasteiger partial charge in [-0.05, 0) is 25.0 Å². The molecule has 1 aliphatic carbocycles. The molecule has 0 unspecified atom stereocenters. The molecule has 1 aliphatic rings. The molecule has 0 spiro atoms. The topological polar surface area (TPSA) is 55.4 Å². The quantitative estimate of drug-likeness (QED) is 0.779. The van der Waals surface area contributed by atoms with Crippen molar-refractivity contribution in [3.63, 3.8) is 0 Å². The van der Waals surface area contributed by atoms with E-state index in [0.717, 1.165) is 12.8 Å². The van der Waals surface area contributed by atoms with Crippen molar-refractivity contribution in [2.45, 2.75) is 18.9 Å². The maximum atomic E-state index is 11.5. The van der Waals surface area contributed by atoms with Crippen LogP contribution in [-0.2, 0) is 0 Å². The number of amides is 1. The molecule has 0 heterocycles. The van der Waals surface area contributed by atoms with Crippen molar-refractivity contribution in [3.8, 4) is 5.75 Å². The van der Waals surface area contributed by atoms with E-state index in [1.165, 1.54) is 7.05 Å². The van der Waals surface area contributed by atoms with E-state index in [1.807, 2.05) is 0 Å². The summed E-state index contributed by atoms with van der Waals surface area (Å²) in [6.07, 6.45) is 2.91. The van der Waals surface area contributed by atoms with E-state index < -0.39 is 0 Å². The first-order valence-corrected chi connectivity index (χ1v) is 5.23. The van der Waals surface area contributed by atoms with Crippen LogP contribution in [0.25, 0.3) is 0 Å². The molecule has 0 bridgehead atoms. The summed E-state index contributed by atoms with van der Waals surface area (Å²) in [4.78, 5) is 22.5. The fraction of sp³-hybridized carbons (Fsp3) is 0.333. The molecular formula is C12H13NO3. The van der Waals surface area contributed by atoms with Gasteiger partial charge in [0.1, 0.15) is 5.75 Å². The van der Waals surface area contributed by atoms with Crippen molar-refractivity contribution >= 4 is 12.2 Å². The molecule has 2 rings (SSSR count). The second kappa shape index (κ2) is 4.35. The number of carbonyl (C=O) groups is 2. The minimum atomic E-state index is -0.275. The number of hydrogen-bond donors (Lipinski definition) is 1. The Morgan fingerprint density at radius 3 is 2.81 bits per heavy atom. The van der Waals surface area contributed by atoms with Gasteiger partial charge in [0.2, 0.25) is 0 Å². The van der Waals surface area contributed by atoms with Crippen LogP contribution in [0.3, 0.4) is 0 Å². The van der Waals surface area contributed by atoms with Gasteiger partial charge >= 0.3 is 0 Å². The predicted octanol–water partition coefficient (Wildman–Crippen LogP) is 1.40. The lowest BCUT2D eigenvalue weighted by atomic mass is 10.1. The van der Waals surface area contributed by atoms with Crippen LogP contribution in [0.2, 0.25) is 0 Å². The number of benzene rings is 1. The van der Waals surface area contributed by atoms with Gasteiger partial charge in [-0.1, -0.05) is 6.07 Å². The van der Waals surface area contributed by atoms with Crippen LogP contribution in [0.15, 0.2) is 18.2 Å². The number of hydrogen-bond acceptors (Lipinski definition) is 3. The molecule has 16 heavy (non-hydrogen) atoms. The molecule has 0 aromatic heterocycles. The SMILES string of the molecule is CNC(=O)c1cccc(OC2CC2)c1C=O. The molecule has 0 atom stereocenters. The molecule has 1 aromatic carbocycles. The standard InChI is InChI=1S/C12H13NO3/c1-13-12(15)9-3-2-4-11(10(9)7-14)16-8-5-6-8/h2-4,7-8H,5-6H2,1H3,(H,13,15). The number of rotatable bonds is 4. The van der Waals surface area contributed by atoms with Gasteiger partial charge in [-0.15, -0.1) is 0 Å². The van der Waals surface area contributed by atoms with Gasteiger partial charge in [-0.25, -0.2) is 0 Å². The molecule has 0 radical (unpaired) electrons. The molecule has 0 saturated heterocycles. The first kappa shape index (κ1) is 10.7. The van der Waals surface area contributed by atoms with Crippen molar-refractivity contribution in [2.75, 3.05) is 7.05 Å². The monoisotopic (exact) mass is 219 g/mol. The maximum Gasteiger partial charge on any atom is 0.251 e. The second-order valence-electron chi connectivity index (χ2n) is 3.73. The highest BCUT2D eigenvalue weighted by atomic mass is 16.5. The van der Waals surface area contributed by atoms with Crippen LogP contribution in [0.5, 0.6) is 5.75 Å². The van der Waals surface area contributed by atoms with Gasteiger partial charge in [-0.2, -0.15) is 0 Å². The molecule has 1 amide bonds. The van der Waals surface area contributed by atoms with Crippen molar-refractivity contribution in [3.05, 3.63) is 29.3 Å². The van der Waals surface area contributed by atoms with Crippen LogP contribution < -0.4 is 10.1 Å². The summed E-state index contributed by atoms with van der Waals surface area (Å²) in [6.45, 7) is 0. The number of aldehydes is 1. The Labute approximate surface area is 93.6 Å². The molecule has 4 heteroatoms. The van der Waals surface area contributed by atoms with Crippen LogP contribution in [0.1, 0.15) is 33.6 Å². The molecule has 1 saturated carbocycles. The van der Waals surface area contributed by atoms with E-state index in [4.69, 9.17) is 4.74 Å². The highest BCUT2D eigenvalue weighted by molar-refractivity contribution is 6.02. The zero-order chi connectivity index (χ0) is 11.5. The van der Waals surface area contributed by atoms with Crippen molar-refractivity contribution in [1.29, 1.82) is 0 Å². The van der Waals surface area contributed by atoms with E-state index in [2.05, 4.69) is 5.32 Å². The third-order valence-electron chi connectivity index (χ3n) is 2.47. The van der Waals surface area contributed by atoms with Gasteiger partial charge in [0.25, 0.3) is 5.91 Å². The molecule has 1 N–H and O–H groups in total. The summed E-state index contributed by atoms with van der Waals surface area (Å²) in [5.74, 6) is 0.224. The Hall–Kier alpha value is -1.84. The minimum absolute atomic E-state index is 0.207. The van der Waals surface area contributed by atoms with Crippen molar-refractivity contribution in [2.24, 2.45) is 0 Å². The van der Waals surface area contributed by atoms with Crippen LogP contribution in [0.4, 0.5) is 0 Å². The number of nitrogens with one attached hydrogen (secondary N) is 1. The molecule has 4 nitrogen and oxygen atoms in total. The summed E-state index contributed by atoms with van der Waals surface area (Å²) in [7, 11) is 1.53. The zero-order valence-corrected chi connectivity index (χ0v) is 9.03. The van der Waals surface area contributed by atoms with Gasteiger partial charge in [-0.3, -0.25) is 9.59 Å². The summed E-state index contributed by atoms with van der Waals surface area (Å²) in [5, 5.41) is 2.50. The maximum absolute atomic E-state index is 11.5. The summed E-state index contributed by atoms with van der Waals surface area (Å²) >= 11 is 0. The Balaban J connectivity index is 2.36. The lowest BCUT2D eigenvalue weighted by molar-refractivity contribution is 0.0956. The van der Waals surface area contributed by atoms with Gasteiger partial charge in [0.05, 0.1) is 17.2 Å². The largest absolute Gasteiger partial charge is 0.490 e. The van der Waals surface area contributed by atoms with E-state index in [-0.39, 0.29) is 12.0 Å². The number of ether oxygens (including phenoxy) is 1. The van der Waals surface area contributed by atoms with Crippen LogP contribution in [0, 0.1) is 0 Å². The third kappa shape index (κ3) is 2.05. The molecule has 1 aromatic rings. The first-order chi connectivity index (χ1) is 7.76. The Morgan fingerprint density at radius 1 is 1.50 bits per heavy atom. The Bertz CT molecular complexity index is 424. The Morgan fingerprint density at radius 2 is 2.25 bits per heavy atom. The fourth-order valence-corrected chi connectivity index (χ4v) is 1.47. The zero-order valence-electron chi connectivity index (χ0n) is 9.03. The van der Waals surface area contributed by atoms with E-state index in [0.29, 0.717) is 23.2 Å². The first-order valence-electron chi connectivity index (χ1n) is 5.23. The molecular weight excluding hydrogens is 206 g/mol. The Kier molecular flexibility index (Phi) is 2.90. The van der Waals surface area contributed by atoms with Crippen LogP contribution in [-0.4, -0.2) is 25.3 Å². The molecule has 84 valence electrons. The summed E-state index contributed by atoms with van der Waals surface area (Å²) in [6, 6.07) is 5.05. The number of carbonyl (C=O) groups excluding carboxylic acids is 2. The lowest BCUT2D eigenvalue weighted by Gasteiger charge is -2.10. The van der Waals surface area contributed by atoms with Crippen LogP contribution >= 0.6 is 0 Å².